The number of halogens is 1. The summed E-state index contributed by atoms with van der Waals surface area (Å²) in [7, 11) is 1.63. The number of anilines is 1. The summed E-state index contributed by atoms with van der Waals surface area (Å²) in [6.07, 6.45) is 0.827. The Balaban J connectivity index is 1.91. The van der Waals surface area contributed by atoms with E-state index in [-0.39, 0.29) is 24.4 Å². The number of para-hydroxylation sites is 1. The van der Waals surface area contributed by atoms with Crippen LogP contribution in [0.1, 0.15) is 37.9 Å². The molecule has 2 N–H and O–H groups in total. The van der Waals surface area contributed by atoms with Crippen LogP contribution in [0.4, 0.5) is 5.69 Å². The molecule has 5 nitrogen and oxygen atoms in total. The van der Waals surface area contributed by atoms with Gasteiger partial charge in [0.2, 0.25) is 11.8 Å². The van der Waals surface area contributed by atoms with Gasteiger partial charge in [0.1, 0.15) is 0 Å². The van der Waals surface area contributed by atoms with E-state index < -0.39 is 6.04 Å². The van der Waals surface area contributed by atoms with Crippen molar-refractivity contribution < 1.29 is 9.59 Å². The molecule has 0 aliphatic rings. The molecule has 2 aromatic carbocycles. The summed E-state index contributed by atoms with van der Waals surface area (Å²) in [5.74, 6) is -0.361. The van der Waals surface area contributed by atoms with Gasteiger partial charge < -0.3 is 10.2 Å². The smallest absolute Gasteiger partial charge is 0.243 e. The van der Waals surface area contributed by atoms with Gasteiger partial charge in [-0.2, -0.15) is 0 Å². The average molecular weight is 402 g/mol. The minimum Gasteiger partial charge on any atom is -0.335 e. The molecular formula is C22H28ClN3O2. The molecule has 0 radical (unpaired) electrons. The van der Waals surface area contributed by atoms with Crippen molar-refractivity contribution in [2.45, 2.75) is 39.3 Å². The highest BCUT2D eigenvalue weighted by atomic mass is 35.5. The lowest BCUT2D eigenvalue weighted by molar-refractivity contribution is -0.135. The average Bonchev–Trinajstić information content (AvgIpc) is 2.67. The topological polar surface area (TPSA) is 61.4 Å². The molecule has 0 saturated heterocycles. The summed E-state index contributed by atoms with van der Waals surface area (Å²) in [6, 6.07) is 14.7. The van der Waals surface area contributed by atoms with Gasteiger partial charge in [-0.3, -0.25) is 14.9 Å². The number of nitrogens with one attached hydrogen (secondary N) is 2. The molecule has 0 aliphatic carbocycles. The molecular weight excluding hydrogens is 374 g/mol. The predicted molar refractivity (Wildman–Crippen MR) is 115 cm³/mol. The minimum absolute atomic E-state index is 0.00551. The summed E-state index contributed by atoms with van der Waals surface area (Å²) < 4.78 is 0. The third-order valence-corrected chi connectivity index (χ3v) is 4.88. The number of likely N-dealkylation sites (N-methyl/N-ethyl adjacent to an activating group) is 1. The molecule has 28 heavy (non-hydrogen) atoms. The maximum atomic E-state index is 12.6. The van der Waals surface area contributed by atoms with Gasteiger partial charge in [-0.1, -0.05) is 48.9 Å². The van der Waals surface area contributed by atoms with Crippen LogP contribution in [0, 0.1) is 0 Å². The lowest BCUT2D eigenvalue weighted by atomic mass is 10.1. The Morgan fingerprint density at radius 2 is 1.82 bits per heavy atom. The van der Waals surface area contributed by atoms with Crippen LogP contribution in [0.5, 0.6) is 0 Å². The molecule has 6 heteroatoms. The highest BCUT2D eigenvalue weighted by Crippen LogP contribution is 2.18. The van der Waals surface area contributed by atoms with Crippen molar-refractivity contribution in [3.05, 3.63) is 64.7 Å². The molecule has 0 bridgehead atoms. The maximum Gasteiger partial charge on any atom is 0.243 e. The van der Waals surface area contributed by atoms with Gasteiger partial charge in [0.25, 0.3) is 0 Å². The van der Waals surface area contributed by atoms with E-state index in [0.29, 0.717) is 5.02 Å². The number of amides is 2. The Labute approximate surface area is 172 Å². The standard InChI is InChI=1S/C22H28ClN3O2/c1-5-17-9-6-7-12-20(17)25-21(27)14-26(4)22(28)16(3)24-15(2)18-10-8-11-19(23)13-18/h6-13,15-16,24H,5,14H2,1-4H3,(H,25,27). The van der Waals surface area contributed by atoms with Gasteiger partial charge in [-0.05, 0) is 49.6 Å². The molecule has 0 fully saturated rings. The van der Waals surface area contributed by atoms with Crippen LogP contribution in [-0.2, 0) is 16.0 Å². The van der Waals surface area contributed by atoms with Gasteiger partial charge in [0, 0.05) is 23.8 Å². The normalized spacial score (nSPS) is 12.9. The first-order valence-corrected chi connectivity index (χ1v) is 9.83. The Morgan fingerprint density at radius 3 is 2.50 bits per heavy atom. The first-order valence-electron chi connectivity index (χ1n) is 9.46. The molecule has 2 atom stereocenters. The number of nitrogens with zero attached hydrogens (tertiary/aromatic N) is 1. The second-order valence-corrected chi connectivity index (χ2v) is 7.35. The molecule has 0 aliphatic heterocycles. The van der Waals surface area contributed by atoms with E-state index >= 15 is 0 Å². The van der Waals surface area contributed by atoms with Crippen molar-refractivity contribution in [3.8, 4) is 0 Å². The van der Waals surface area contributed by atoms with E-state index in [2.05, 4.69) is 10.6 Å². The molecule has 2 aromatic rings. The van der Waals surface area contributed by atoms with Gasteiger partial charge in [-0.25, -0.2) is 0 Å². The Kier molecular flexibility index (Phi) is 8.03. The number of carbonyl (C=O) groups is 2. The van der Waals surface area contributed by atoms with Gasteiger partial charge in [-0.15, -0.1) is 0 Å². The largest absolute Gasteiger partial charge is 0.335 e. The van der Waals surface area contributed by atoms with E-state index in [4.69, 9.17) is 11.6 Å². The van der Waals surface area contributed by atoms with Crippen molar-refractivity contribution >= 4 is 29.1 Å². The molecule has 0 spiro atoms. The van der Waals surface area contributed by atoms with Crippen molar-refractivity contribution in [1.29, 1.82) is 0 Å². The van der Waals surface area contributed by atoms with Crippen LogP contribution in [0.3, 0.4) is 0 Å². The number of carbonyl (C=O) groups excluding carboxylic acids is 2. The van der Waals surface area contributed by atoms with Crippen molar-refractivity contribution in [1.82, 2.24) is 10.2 Å². The SMILES string of the molecule is CCc1ccccc1NC(=O)CN(C)C(=O)C(C)NC(C)c1cccc(Cl)c1. The molecule has 0 heterocycles. The monoisotopic (exact) mass is 401 g/mol. The number of hydrogen-bond donors (Lipinski definition) is 2. The fourth-order valence-corrected chi connectivity index (χ4v) is 3.28. The van der Waals surface area contributed by atoms with Crippen LogP contribution in [-0.4, -0.2) is 36.3 Å². The van der Waals surface area contributed by atoms with E-state index in [1.165, 1.54) is 4.90 Å². The molecule has 2 amide bonds. The molecule has 2 unspecified atom stereocenters. The summed E-state index contributed by atoms with van der Waals surface area (Å²) in [4.78, 5) is 26.4. The fourth-order valence-electron chi connectivity index (χ4n) is 3.08. The van der Waals surface area contributed by atoms with Crippen LogP contribution in [0.15, 0.2) is 48.5 Å². The van der Waals surface area contributed by atoms with Crippen LogP contribution < -0.4 is 10.6 Å². The van der Waals surface area contributed by atoms with Crippen LogP contribution in [0.25, 0.3) is 0 Å². The van der Waals surface area contributed by atoms with Crippen molar-refractivity contribution in [2.75, 3.05) is 18.9 Å². The fraction of sp³-hybridized carbons (Fsp3) is 0.364. The summed E-state index contributed by atoms with van der Waals surface area (Å²) in [6.45, 7) is 5.80. The van der Waals surface area contributed by atoms with Crippen LogP contribution >= 0.6 is 11.6 Å². The Bertz CT molecular complexity index is 825. The van der Waals surface area contributed by atoms with Crippen molar-refractivity contribution in [3.63, 3.8) is 0 Å². The minimum atomic E-state index is -0.435. The highest BCUT2D eigenvalue weighted by molar-refractivity contribution is 6.30. The molecule has 0 saturated carbocycles. The van der Waals surface area contributed by atoms with E-state index in [9.17, 15) is 9.59 Å². The Morgan fingerprint density at radius 1 is 1.11 bits per heavy atom. The number of benzene rings is 2. The number of aryl methyl sites for hydroxylation is 1. The lowest BCUT2D eigenvalue weighted by Crippen LogP contribution is -2.46. The highest BCUT2D eigenvalue weighted by Gasteiger charge is 2.21. The van der Waals surface area contributed by atoms with Gasteiger partial charge >= 0.3 is 0 Å². The second-order valence-electron chi connectivity index (χ2n) is 6.92. The molecule has 150 valence electrons. The zero-order chi connectivity index (χ0) is 20.7. The Hall–Kier alpha value is -2.37. The van der Waals surface area contributed by atoms with Gasteiger partial charge in [0.15, 0.2) is 0 Å². The quantitative estimate of drug-likeness (QED) is 0.701. The number of rotatable bonds is 8. The number of hydrogen-bond acceptors (Lipinski definition) is 3. The molecule has 0 aromatic heterocycles. The van der Waals surface area contributed by atoms with Crippen LogP contribution in [0.2, 0.25) is 5.02 Å². The second kappa shape index (κ2) is 10.2. The van der Waals surface area contributed by atoms with E-state index in [0.717, 1.165) is 23.2 Å². The summed E-state index contributed by atoms with van der Waals surface area (Å²) in [5, 5.41) is 6.81. The van der Waals surface area contributed by atoms with Gasteiger partial charge in [0.05, 0.1) is 12.6 Å². The third-order valence-electron chi connectivity index (χ3n) is 4.65. The lowest BCUT2D eigenvalue weighted by Gasteiger charge is -2.25. The molecule has 2 rings (SSSR count). The zero-order valence-corrected chi connectivity index (χ0v) is 17.6. The zero-order valence-electron chi connectivity index (χ0n) is 16.8. The maximum absolute atomic E-state index is 12.6. The van der Waals surface area contributed by atoms with E-state index in [1.54, 1.807) is 14.0 Å². The van der Waals surface area contributed by atoms with E-state index in [1.807, 2.05) is 62.4 Å². The first-order chi connectivity index (χ1) is 13.3. The summed E-state index contributed by atoms with van der Waals surface area (Å²) in [5.41, 5.74) is 2.86. The van der Waals surface area contributed by atoms with Crippen molar-refractivity contribution in [2.24, 2.45) is 0 Å². The third kappa shape index (κ3) is 6.08. The first kappa shape index (κ1) is 21.9. The predicted octanol–water partition coefficient (Wildman–Crippen LogP) is 4.04. The summed E-state index contributed by atoms with van der Waals surface area (Å²) >= 11 is 6.04.